The van der Waals surface area contributed by atoms with Gasteiger partial charge in [-0.25, -0.2) is 9.38 Å². The summed E-state index contributed by atoms with van der Waals surface area (Å²) in [6, 6.07) is 4.75. The number of aliphatic hydroxyl groups is 1. The molecule has 0 unspecified atom stereocenters. The van der Waals surface area contributed by atoms with Gasteiger partial charge in [0.1, 0.15) is 5.82 Å². The first-order chi connectivity index (χ1) is 11.7. The summed E-state index contributed by atoms with van der Waals surface area (Å²) in [5.74, 6) is 0.390. The highest BCUT2D eigenvalue weighted by molar-refractivity contribution is 5.79. The molecule has 5 nitrogen and oxygen atoms in total. The van der Waals surface area contributed by atoms with Gasteiger partial charge in [-0.2, -0.15) is 0 Å². The Bertz CT molecular complexity index is 530. The summed E-state index contributed by atoms with van der Waals surface area (Å²) in [6.07, 6.45) is 3.94. The van der Waals surface area contributed by atoms with Gasteiger partial charge in [-0.1, -0.05) is 12.5 Å². The number of hydrogen-bond donors (Lipinski definition) is 3. The maximum Gasteiger partial charge on any atom is 0.191 e. The SMILES string of the molecule is CCNC(=NCc1ccc(F)c(CO)c1)NCCN1CCCCC1. The van der Waals surface area contributed by atoms with Crippen LogP contribution in [0.5, 0.6) is 0 Å². The van der Waals surface area contributed by atoms with Crippen LogP contribution in [-0.2, 0) is 13.2 Å². The summed E-state index contributed by atoms with van der Waals surface area (Å²) in [6.45, 7) is 7.24. The van der Waals surface area contributed by atoms with Crippen LogP contribution in [0.25, 0.3) is 0 Å². The van der Waals surface area contributed by atoms with Gasteiger partial charge >= 0.3 is 0 Å². The lowest BCUT2D eigenvalue weighted by Gasteiger charge is -2.26. The van der Waals surface area contributed by atoms with Crippen molar-refractivity contribution >= 4 is 5.96 Å². The molecule has 0 radical (unpaired) electrons. The van der Waals surface area contributed by atoms with Gasteiger partial charge in [-0.05, 0) is 50.6 Å². The van der Waals surface area contributed by atoms with Crippen LogP contribution in [0, 0.1) is 5.82 Å². The lowest BCUT2D eigenvalue weighted by Crippen LogP contribution is -2.42. The molecule has 0 aromatic heterocycles. The fraction of sp³-hybridized carbons (Fsp3) is 0.611. The number of halogens is 1. The molecule has 0 saturated carbocycles. The van der Waals surface area contributed by atoms with E-state index in [1.165, 1.54) is 38.4 Å². The zero-order valence-electron chi connectivity index (χ0n) is 14.5. The van der Waals surface area contributed by atoms with Crippen molar-refractivity contribution < 1.29 is 9.50 Å². The monoisotopic (exact) mass is 336 g/mol. The second kappa shape index (κ2) is 10.3. The van der Waals surface area contributed by atoms with E-state index in [1.54, 1.807) is 12.1 Å². The van der Waals surface area contributed by atoms with Gasteiger partial charge in [0.05, 0.1) is 13.2 Å². The first kappa shape index (κ1) is 18.7. The summed E-state index contributed by atoms with van der Waals surface area (Å²) >= 11 is 0. The molecular formula is C18H29FN4O. The number of aliphatic hydroxyl groups excluding tert-OH is 1. The molecule has 0 spiro atoms. The van der Waals surface area contributed by atoms with E-state index in [-0.39, 0.29) is 12.4 Å². The number of rotatable bonds is 7. The average Bonchev–Trinajstić information content (AvgIpc) is 2.61. The highest BCUT2D eigenvalue weighted by atomic mass is 19.1. The highest BCUT2D eigenvalue weighted by Crippen LogP contribution is 2.11. The fourth-order valence-corrected chi connectivity index (χ4v) is 2.88. The molecule has 0 aliphatic carbocycles. The van der Waals surface area contributed by atoms with Gasteiger partial charge < -0.3 is 20.6 Å². The van der Waals surface area contributed by atoms with E-state index in [0.29, 0.717) is 12.1 Å². The van der Waals surface area contributed by atoms with Gasteiger partial charge in [0.25, 0.3) is 0 Å². The predicted molar refractivity (Wildman–Crippen MR) is 95.4 cm³/mol. The Labute approximate surface area is 144 Å². The molecule has 3 N–H and O–H groups in total. The number of nitrogens with one attached hydrogen (secondary N) is 2. The minimum Gasteiger partial charge on any atom is -0.392 e. The number of hydrogen-bond acceptors (Lipinski definition) is 3. The van der Waals surface area contributed by atoms with Crippen LogP contribution < -0.4 is 10.6 Å². The minimum absolute atomic E-state index is 0.294. The molecule has 0 amide bonds. The standard InChI is InChI=1S/C18H29FN4O/c1-2-20-18(21-8-11-23-9-4-3-5-10-23)22-13-15-6-7-17(19)16(12-15)14-24/h6-7,12,24H,2-5,8-11,13-14H2,1H3,(H2,20,21,22). The molecule has 1 heterocycles. The van der Waals surface area contributed by atoms with Crippen LogP contribution in [0.15, 0.2) is 23.2 Å². The Morgan fingerprint density at radius 3 is 2.75 bits per heavy atom. The first-order valence-corrected chi connectivity index (χ1v) is 8.85. The maximum atomic E-state index is 13.4. The van der Waals surface area contributed by atoms with E-state index in [4.69, 9.17) is 5.11 Å². The topological polar surface area (TPSA) is 59.9 Å². The quantitative estimate of drug-likeness (QED) is 0.525. The van der Waals surface area contributed by atoms with Gasteiger partial charge in [0.15, 0.2) is 5.96 Å². The Balaban J connectivity index is 1.85. The van der Waals surface area contributed by atoms with E-state index in [1.807, 2.05) is 6.92 Å². The predicted octanol–water partition coefficient (Wildman–Crippen LogP) is 1.86. The third-order valence-electron chi connectivity index (χ3n) is 4.21. The molecule has 24 heavy (non-hydrogen) atoms. The summed E-state index contributed by atoms with van der Waals surface area (Å²) in [5.41, 5.74) is 1.19. The summed E-state index contributed by atoms with van der Waals surface area (Å²) in [7, 11) is 0. The smallest absolute Gasteiger partial charge is 0.191 e. The second-order valence-corrected chi connectivity index (χ2v) is 6.11. The molecule has 1 aromatic carbocycles. The van der Waals surface area contributed by atoms with E-state index in [0.717, 1.165) is 31.2 Å². The van der Waals surface area contributed by atoms with Crippen molar-refractivity contribution in [3.8, 4) is 0 Å². The molecule has 2 rings (SSSR count). The van der Waals surface area contributed by atoms with Gasteiger partial charge in [0.2, 0.25) is 0 Å². The van der Waals surface area contributed by atoms with Crippen molar-refractivity contribution in [2.24, 2.45) is 4.99 Å². The highest BCUT2D eigenvalue weighted by Gasteiger charge is 2.09. The van der Waals surface area contributed by atoms with Gasteiger partial charge in [-0.3, -0.25) is 0 Å². The third kappa shape index (κ3) is 6.09. The molecular weight excluding hydrogens is 307 g/mol. The zero-order valence-corrected chi connectivity index (χ0v) is 14.5. The van der Waals surface area contributed by atoms with Crippen LogP contribution in [0.1, 0.15) is 37.3 Å². The number of aliphatic imine (C=N–C) groups is 1. The molecule has 0 atom stereocenters. The van der Waals surface area contributed by atoms with Crippen LogP contribution in [0.4, 0.5) is 4.39 Å². The molecule has 134 valence electrons. The van der Waals surface area contributed by atoms with E-state index >= 15 is 0 Å². The number of likely N-dealkylation sites (tertiary alicyclic amines) is 1. The number of benzene rings is 1. The molecule has 1 saturated heterocycles. The molecule has 0 bridgehead atoms. The van der Waals surface area contributed by atoms with Crippen molar-refractivity contribution in [1.82, 2.24) is 15.5 Å². The van der Waals surface area contributed by atoms with Crippen LogP contribution >= 0.6 is 0 Å². The van der Waals surface area contributed by atoms with Crippen molar-refractivity contribution in [2.75, 3.05) is 32.7 Å². The van der Waals surface area contributed by atoms with Crippen molar-refractivity contribution in [1.29, 1.82) is 0 Å². The molecule has 6 heteroatoms. The van der Waals surface area contributed by atoms with Crippen LogP contribution in [0.2, 0.25) is 0 Å². The lowest BCUT2D eigenvalue weighted by atomic mass is 10.1. The molecule has 1 fully saturated rings. The normalized spacial score (nSPS) is 16.2. The summed E-state index contributed by atoms with van der Waals surface area (Å²) in [4.78, 5) is 7.02. The van der Waals surface area contributed by atoms with Gasteiger partial charge in [0, 0.05) is 25.2 Å². The van der Waals surface area contributed by atoms with E-state index in [2.05, 4.69) is 20.5 Å². The van der Waals surface area contributed by atoms with E-state index < -0.39 is 0 Å². The summed E-state index contributed by atoms with van der Waals surface area (Å²) in [5, 5.41) is 15.7. The van der Waals surface area contributed by atoms with Crippen molar-refractivity contribution in [2.45, 2.75) is 39.3 Å². The molecule has 1 aromatic rings. The Kier molecular flexibility index (Phi) is 7.98. The van der Waals surface area contributed by atoms with Crippen LogP contribution in [0.3, 0.4) is 0 Å². The van der Waals surface area contributed by atoms with E-state index in [9.17, 15) is 4.39 Å². The van der Waals surface area contributed by atoms with Crippen LogP contribution in [-0.4, -0.2) is 48.7 Å². The summed E-state index contributed by atoms with van der Waals surface area (Å²) < 4.78 is 13.4. The zero-order chi connectivity index (χ0) is 17.2. The second-order valence-electron chi connectivity index (χ2n) is 6.11. The average molecular weight is 336 g/mol. The number of nitrogens with zero attached hydrogens (tertiary/aromatic N) is 2. The largest absolute Gasteiger partial charge is 0.392 e. The first-order valence-electron chi connectivity index (χ1n) is 8.85. The molecule has 1 aliphatic heterocycles. The van der Waals surface area contributed by atoms with Crippen molar-refractivity contribution in [3.05, 3.63) is 35.1 Å². The maximum absolute atomic E-state index is 13.4. The Morgan fingerprint density at radius 2 is 2.04 bits per heavy atom. The Morgan fingerprint density at radius 1 is 1.25 bits per heavy atom. The Hall–Kier alpha value is -1.66. The number of piperidine rings is 1. The molecule has 1 aliphatic rings. The van der Waals surface area contributed by atoms with Gasteiger partial charge in [-0.15, -0.1) is 0 Å². The lowest BCUT2D eigenvalue weighted by molar-refractivity contribution is 0.232. The number of guanidine groups is 1. The third-order valence-corrected chi connectivity index (χ3v) is 4.21. The fourth-order valence-electron chi connectivity index (χ4n) is 2.88. The minimum atomic E-state index is -0.378. The van der Waals surface area contributed by atoms with Crippen molar-refractivity contribution in [3.63, 3.8) is 0 Å².